The zero-order valence-corrected chi connectivity index (χ0v) is 16.2. The standard InChI is InChI=1S/C17H10ClIN2O3S/c18-10-2-1-3-11(8-10)21-16(24)12(15(23)20-17(21)25)6-9-4-5-14(22)13(19)7-9/h1-8,22H,(H,20,23,25)/b12-6+. The van der Waals surface area contributed by atoms with E-state index in [9.17, 15) is 14.7 Å². The van der Waals surface area contributed by atoms with E-state index < -0.39 is 11.8 Å². The summed E-state index contributed by atoms with van der Waals surface area (Å²) in [5, 5.41) is 12.5. The van der Waals surface area contributed by atoms with Gasteiger partial charge in [-0.25, -0.2) is 0 Å². The smallest absolute Gasteiger partial charge is 0.270 e. The Hall–Kier alpha value is -1.97. The van der Waals surface area contributed by atoms with Crippen molar-refractivity contribution in [3.05, 3.63) is 62.2 Å². The maximum absolute atomic E-state index is 12.8. The van der Waals surface area contributed by atoms with E-state index in [1.165, 1.54) is 17.0 Å². The third-order valence-corrected chi connectivity index (χ3v) is 4.83. The molecule has 0 aromatic heterocycles. The van der Waals surface area contributed by atoms with Crippen molar-refractivity contribution in [2.45, 2.75) is 0 Å². The molecule has 1 aliphatic heterocycles. The molecule has 0 bridgehead atoms. The van der Waals surface area contributed by atoms with Gasteiger partial charge >= 0.3 is 0 Å². The Balaban J connectivity index is 2.03. The predicted molar refractivity (Wildman–Crippen MR) is 108 cm³/mol. The number of thiocarbonyl (C=S) groups is 1. The van der Waals surface area contributed by atoms with Gasteiger partial charge in [0, 0.05) is 5.02 Å². The molecule has 1 aliphatic rings. The summed E-state index contributed by atoms with van der Waals surface area (Å²) in [5.74, 6) is -0.987. The largest absolute Gasteiger partial charge is 0.507 e. The molecule has 2 amide bonds. The van der Waals surface area contributed by atoms with Gasteiger partial charge in [0.25, 0.3) is 11.8 Å². The molecule has 0 radical (unpaired) electrons. The van der Waals surface area contributed by atoms with Gasteiger partial charge in [0.2, 0.25) is 0 Å². The molecule has 2 aromatic carbocycles. The number of carbonyl (C=O) groups excluding carboxylic acids is 2. The number of benzene rings is 2. The number of amides is 2. The lowest BCUT2D eigenvalue weighted by molar-refractivity contribution is -0.122. The van der Waals surface area contributed by atoms with E-state index in [-0.39, 0.29) is 16.4 Å². The number of anilines is 1. The van der Waals surface area contributed by atoms with Crippen LogP contribution in [0.5, 0.6) is 5.75 Å². The minimum atomic E-state index is -0.573. The van der Waals surface area contributed by atoms with Crippen LogP contribution in [0, 0.1) is 3.57 Å². The van der Waals surface area contributed by atoms with Gasteiger partial charge in [-0.15, -0.1) is 0 Å². The zero-order chi connectivity index (χ0) is 18.1. The summed E-state index contributed by atoms with van der Waals surface area (Å²) in [6.07, 6.45) is 1.46. The number of nitrogens with one attached hydrogen (secondary N) is 1. The average molecular weight is 485 g/mol. The Morgan fingerprint density at radius 2 is 1.96 bits per heavy atom. The molecule has 3 rings (SSSR count). The molecule has 0 aliphatic carbocycles. The number of aromatic hydroxyl groups is 1. The first-order valence-corrected chi connectivity index (χ1v) is 8.89. The fraction of sp³-hybridized carbons (Fsp3) is 0. The first kappa shape index (κ1) is 17.8. The maximum Gasteiger partial charge on any atom is 0.270 e. The van der Waals surface area contributed by atoms with Gasteiger partial charge in [0.05, 0.1) is 9.26 Å². The fourth-order valence-electron chi connectivity index (χ4n) is 2.29. The molecule has 1 saturated heterocycles. The summed E-state index contributed by atoms with van der Waals surface area (Å²) in [7, 11) is 0. The van der Waals surface area contributed by atoms with Crippen molar-refractivity contribution < 1.29 is 14.7 Å². The number of hydrogen-bond donors (Lipinski definition) is 2. The van der Waals surface area contributed by atoms with Crippen molar-refractivity contribution in [2.75, 3.05) is 4.90 Å². The topological polar surface area (TPSA) is 69.6 Å². The summed E-state index contributed by atoms with van der Waals surface area (Å²) in [5.41, 5.74) is 1.02. The lowest BCUT2D eigenvalue weighted by atomic mass is 10.1. The van der Waals surface area contributed by atoms with Crippen molar-refractivity contribution in [1.82, 2.24) is 5.32 Å². The van der Waals surface area contributed by atoms with Crippen LogP contribution in [-0.2, 0) is 9.59 Å². The Kier molecular flexibility index (Phi) is 5.07. The Bertz CT molecular complexity index is 945. The SMILES string of the molecule is O=C1NC(=S)N(c2cccc(Cl)c2)C(=O)/C1=C/c1ccc(O)c(I)c1. The molecule has 8 heteroatoms. The number of carbonyl (C=O) groups is 2. The second-order valence-corrected chi connectivity index (χ2v) is 7.13. The number of rotatable bonds is 2. The highest BCUT2D eigenvalue weighted by Gasteiger charge is 2.34. The van der Waals surface area contributed by atoms with Crippen LogP contribution >= 0.6 is 46.4 Å². The Labute approximate surface area is 167 Å². The van der Waals surface area contributed by atoms with E-state index in [1.54, 1.807) is 36.4 Å². The minimum absolute atomic E-state index is 0.00490. The molecule has 2 aromatic rings. The second kappa shape index (κ2) is 7.11. The molecular weight excluding hydrogens is 475 g/mol. The highest BCUT2D eigenvalue weighted by molar-refractivity contribution is 14.1. The lowest BCUT2D eigenvalue weighted by Crippen LogP contribution is -2.54. The molecular formula is C17H10ClIN2O3S. The molecule has 126 valence electrons. The van der Waals surface area contributed by atoms with Crippen LogP contribution in [0.3, 0.4) is 0 Å². The molecule has 1 heterocycles. The van der Waals surface area contributed by atoms with Crippen LogP contribution in [0.15, 0.2) is 48.0 Å². The van der Waals surface area contributed by atoms with Crippen molar-refractivity contribution in [1.29, 1.82) is 0 Å². The van der Waals surface area contributed by atoms with E-state index in [0.717, 1.165) is 0 Å². The zero-order valence-electron chi connectivity index (χ0n) is 12.5. The predicted octanol–water partition coefficient (Wildman–Crippen LogP) is 3.48. The second-order valence-electron chi connectivity index (χ2n) is 5.15. The fourth-order valence-corrected chi connectivity index (χ4v) is 3.29. The van der Waals surface area contributed by atoms with Crippen molar-refractivity contribution in [2.24, 2.45) is 0 Å². The Morgan fingerprint density at radius 3 is 2.64 bits per heavy atom. The minimum Gasteiger partial charge on any atom is -0.507 e. The van der Waals surface area contributed by atoms with E-state index >= 15 is 0 Å². The summed E-state index contributed by atoms with van der Waals surface area (Å²) in [6, 6.07) is 11.4. The van der Waals surface area contributed by atoms with Crippen LogP contribution in [0.2, 0.25) is 5.02 Å². The number of phenolic OH excluding ortho intramolecular Hbond substituents is 1. The van der Waals surface area contributed by atoms with Gasteiger partial charge < -0.3 is 5.11 Å². The van der Waals surface area contributed by atoms with E-state index in [2.05, 4.69) is 5.32 Å². The molecule has 2 N–H and O–H groups in total. The van der Waals surface area contributed by atoms with E-state index in [1.807, 2.05) is 22.6 Å². The molecule has 0 saturated carbocycles. The first-order chi connectivity index (χ1) is 11.9. The highest BCUT2D eigenvalue weighted by Crippen LogP contribution is 2.26. The molecule has 25 heavy (non-hydrogen) atoms. The molecule has 0 atom stereocenters. The third-order valence-electron chi connectivity index (χ3n) is 3.45. The van der Waals surface area contributed by atoms with Gasteiger partial charge in [-0.05, 0) is 76.8 Å². The Morgan fingerprint density at radius 1 is 1.20 bits per heavy atom. The summed E-state index contributed by atoms with van der Waals surface area (Å²) in [4.78, 5) is 26.3. The molecule has 1 fully saturated rings. The lowest BCUT2D eigenvalue weighted by Gasteiger charge is -2.29. The summed E-state index contributed by atoms with van der Waals surface area (Å²) in [6.45, 7) is 0. The van der Waals surface area contributed by atoms with Gasteiger partial charge in [0.15, 0.2) is 5.11 Å². The first-order valence-electron chi connectivity index (χ1n) is 7.02. The van der Waals surface area contributed by atoms with Crippen LogP contribution in [0.25, 0.3) is 6.08 Å². The van der Waals surface area contributed by atoms with Crippen molar-refractivity contribution >= 4 is 75.1 Å². The summed E-state index contributed by atoms with van der Waals surface area (Å²) < 4.78 is 0.609. The van der Waals surface area contributed by atoms with Gasteiger partial charge in [-0.3, -0.25) is 19.8 Å². The van der Waals surface area contributed by atoms with Gasteiger partial charge in [-0.2, -0.15) is 0 Å². The number of nitrogens with zero attached hydrogens (tertiary/aromatic N) is 1. The molecule has 0 spiro atoms. The van der Waals surface area contributed by atoms with Crippen LogP contribution in [0.4, 0.5) is 5.69 Å². The average Bonchev–Trinajstić information content (AvgIpc) is 2.54. The third kappa shape index (κ3) is 3.68. The highest BCUT2D eigenvalue weighted by atomic mass is 127. The van der Waals surface area contributed by atoms with E-state index in [4.69, 9.17) is 23.8 Å². The van der Waals surface area contributed by atoms with E-state index in [0.29, 0.717) is 19.8 Å². The summed E-state index contributed by atoms with van der Waals surface area (Å²) >= 11 is 13.1. The van der Waals surface area contributed by atoms with Crippen molar-refractivity contribution in [3.8, 4) is 5.75 Å². The van der Waals surface area contributed by atoms with Crippen LogP contribution in [-0.4, -0.2) is 22.0 Å². The quantitative estimate of drug-likeness (QED) is 0.296. The number of halogens is 2. The monoisotopic (exact) mass is 484 g/mol. The van der Waals surface area contributed by atoms with Gasteiger partial charge in [0.1, 0.15) is 11.3 Å². The van der Waals surface area contributed by atoms with Crippen LogP contribution < -0.4 is 10.2 Å². The molecule has 0 unspecified atom stereocenters. The van der Waals surface area contributed by atoms with Crippen LogP contribution in [0.1, 0.15) is 5.56 Å². The maximum atomic E-state index is 12.8. The molecule has 5 nitrogen and oxygen atoms in total. The number of hydrogen-bond acceptors (Lipinski definition) is 4. The van der Waals surface area contributed by atoms with Gasteiger partial charge in [-0.1, -0.05) is 23.7 Å². The number of phenols is 1. The normalized spacial score (nSPS) is 16.3. The van der Waals surface area contributed by atoms with Crippen molar-refractivity contribution in [3.63, 3.8) is 0 Å².